The molecule has 1 aromatic rings. The summed E-state index contributed by atoms with van der Waals surface area (Å²) in [6.07, 6.45) is 2.19. The minimum absolute atomic E-state index is 0. The lowest BCUT2D eigenvalue weighted by Crippen LogP contribution is -2.48. The van der Waals surface area contributed by atoms with E-state index in [-0.39, 0.29) is 34.8 Å². The van der Waals surface area contributed by atoms with Crippen LogP contribution in [0.4, 0.5) is 0 Å². The summed E-state index contributed by atoms with van der Waals surface area (Å²) in [5.41, 5.74) is 1.23. The number of ether oxygens (including phenoxy) is 1. The van der Waals surface area contributed by atoms with E-state index in [0.717, 1.165) is 48.8 Å². The number of nitrogens with one attached hydrogen (secondary N) is 2. The van der Waals surface area contributed by atoms with Gasteiger partial charge in [-0.05, 0) is 37.1 Å². The zero-order valence-corrected chi connectivity index (χ0v) is 19.9. The molecule has 0 aliphatic carbocycles. The Labute approximate surface area is 181 Å². The third kappa shape index (κ3) is 6.92. The van der Waals surface area contributed by atoms with Crippen molar-refractivity contribution in [2.24, 2.45) is 4.99 Å². The first-order valence-electron chi connectivity index (χ1n) is 8.53. The number of hydrogen-bond donors (Lipinski definition) is 2. The van der Waals surface area contributed by atoms with Crippen molar-refractivity contribution < 1.29 is 4.74 Å². The third-order valence-electron chi connectivity index (χ3n) is 4.38. The summed E-state index contributed by atoms with van der Waals surface area (Å²) in [7, 11) is 1.83. The van der Waals surface area contributed by atoms with Crippen LogP contribution in [-0.4, -0.2) is 43.3 Å². The van der Waals surface area contributed by atoms with Crippen LogP contribution in [0.15, 0.2) is 33.7 Å². The van der Waals surface area contributed by atoms with E-state index in [1.54, 1.807) is 0 Å². The molecule has 0 aromatic heterocycles. The van der Waals surface area contributed by atoms with Crippen molar-refractivity contribution in [3.63, 3.8) is 0 Å². The van der Waals surface area contributed by atoms with Gasteiger partial charge >= 0.3 is 0 Å². The number of nitrogens with zero attached hydrogens (tertiary/aromatic N) is 1. The van der Waals surface area contributed by atoms with Crippen LogP contribution < -0.4 is 10.6 Å². The lowest BCUT2D eigenvalue weighted by atomic mass is 9.99. The van der Waals surface area contributed by atoms with Crippen LogP contribution in [0, 0.1) is 0 Å². The molecule has 1 saturated heterocycles. The number of hydrogen-bond acceptors (Lipinski definition) is 3. The maximum absolute atomic E-state index is 5.55. The molecule has 4 nitrogen and oxygen atoms in total. The number of halogens is 2. The number of guanidine groups is 1. The fourth-order valence-corrected chi connectivity index (χ4v) is 4.84. The lowest BCUT2D eigenvalue weighted by molar-refractivity contribution is 0.0782. The molecule has 1 atom stereocenters. The number of thioether (sulfide) groups is 1. The van der Waals surface area contributed by atoms with Gasteiger partial charge in [-0.15, -0.1) is 24.0 Å². The van der Waals surface area contributed by atoms with E-state index in [2.05, 4.69) is 63.6 Å². The molecular weight excluding hydrogens is 513 g/mol. The fraction of sp³-hybridized carbons (Fsp3) is 0.611. The Morgan fingerprint density at radius 1 is 1.36 bits per heavy atom. The monoisotopic (exact) mass is 541 g/mol. The summed E-state index contributed by atoms with van der Waals surface area (Å²) in [4.78, 5) is 4.40. The molecule has 7 heteroatoms. The Bertz CT molecular complexity index is 547. The van der Waals surface area contributed by atoms with E-state index < -0.39 is 0 Å². The van der Waals surface area contributed by atoms with Gasteiger partial charge < -0.3 is 15.4 Å². The van der Waals surface area contributed by atoms with Gasteiger partial charge in [0.2, 0.25) is 0 Å². The average Bonchev–Trinajstić information content (AvgIpc) is 2.60. The molecule has 0 bridgehead atoms. The molecule has 1 aliphatic heterocycles. The third-order valence-corrected chi connectivity index (χ3v) is 6.56. The smallest absolute Gasteiger partial charge is 0.191 e. The SMILES string of the molecule is CCSC1(CNC(=NC)NC(C)c2ccccc2Br)CCOCC1.I. The van der Waals surface area contributed by atoms with Crippen LogP contribution in [0.25, 0.3) is 0 Å². The van der Waals surface area contributed by atoms with Gasteiger partial charge in [0.25, 0.3) is 0 Å². The van der Waals surface area contributed by atoms with Crippen molar-refractivity contribution in [1.29, 1.82) is 0 Å². The summed E-state index contributed by atoms with van der Waals surface area (Å²) in [6, 6.07) is 8.46. The van der Waals surface area contributed by atoms with Crippen LogP contribution in [-0.2, 0) is 4.74 Å². The van der Waals surface area contributed by atoms with E-state index in [1.807, 2.05) is 24.9 Å². The highest BCUT2D eigenvalue weighted by Gasteiger charge is 2.32. The summed E-state index contributed by atoms with van der Waals surface area (Å²) in [5, 5.41) is 7.02. The van der Waals surface area contributed by atoms with Crippen LogP contribution in [0.3, 0.4) is 0 Å². The normalized spacial score (nSPS) is 18.2. The van der Waals surface area contributed by atoms with E-state index in [1.165, 1.54) is 5.56 Å². The average molecular weight is 542 g/mol. The molecule has 0 spiro atoms. The Hall–Kier alpha value is 0.01000. The Balaban J connectivity index is 0.00000312. The zero-order valence-electron chi connectivity index (χ0n) is 15.2. The first-order chi connectivity index (χ1) is 11.6. The molecule has 0 radical (unpaired) electrons. The highest BCUT2D eigenvalue weighted by Crippen LogP contribution is 2.34. The van der Waals surface area contributed by atoms with E-state index in [9.17, 15) is 0 Å². The largest absolute Gasteiger partial charge is 0.381 e. The van der Waals surface area contributed by atoms with Crippen LogP contribution >= 0.6 is 51.7 Å². The highest BCUT2D eigenvalue weighted by molar-refractivity contribution is 14.0. The predicted molar refractivity (Wildman–Crippen MR) is 123 cm³/mol. The van der Waals surface area contributed by atoms with Crippen molar-refractivity contribution in [1.82, 2.24) is 10.6 Å². The summed E-state index contributed by atoms with van der Waals surface area (Å²) in [6.45, 7) is 7.00. The number of rotatable bonds is 6. The van der Waals surface area contributed by atoms with E-state index in [0.29, 0.717) is 0 Å². The number of benzene rings is 1. The van der Waals surface area contributed by atoms with Crippen molar-refractivity contribution >= 4 is 57.6 Å². The second-order valence-electron chi connectivity index (χ2n) is 6.04. The zero-order chi connectivity index (χ0) is 17.4. The van der Waals surface area contributed by atoms with Gasteiger partial charge in [-0.3, -0.25) is 4.99 Å². The molecule has 2 N–H and O–H groups in total. The summed E-state index contributed by atoms with van der Waals surface area (Å²) >= 11 is 5.66. The fourth-order valence-electron chi connectivity index (χ4n) is 2.97. The topological polar surface area (TPSA) is 45.7 Å². The molecule has 1 unspecified atom stereocenters. The Morgan fingerprint density at radius 2 is 2.04 bits per heavy atom. The maximum atomic E-state index is 5.55. The van der Waals surface area contributed by atoms with Gasteiger partial charge in [0, 0.05) is 36.0 Å². The molecule has 25 heavy (non-hydrogen) atoms. The second-order valence-corrected chi connectivity index (χ2v) is 8.63. The molecule has 0 amide bonds. The van der Waals surface area contributed by atoms with Crippen LogP contribution in [0.2, 0.25) is 0 Å². The van der Waals surface area contributed by atoms with Crippen molar-refractivity contribution in [3.8, 4) is 0 Å². The van der Waals surface area contributed by atoms with Crippen molar-refractivity contribution in [2.45, 2.75) is 37.5 Å². The quantitative estimate of drug-likeness (QED) is 0.314. The molecule has 0 saturated carbocycles. The highest BCUT2D eigenvalue weighted by atomic mass is 127. The molecule has 2 rings (SSSR count). The molecule has 142 valence electrons. The van der Waals surface area contributed by atoms with Gasteiger partial charge in [0.05, 0.1) is 6.04 Å². The van der Waals surface area contributed by atoms with Crippen molar-refractivity contribution in [2.75, 3.05) is 32.6 Å². The second kappa shape index (κ2) is 11.7. The minimum atomic E-state index is 0. The Morgan fingerprint density at radius 3 is 2.64 bits per heavy atom. The lowest BCUT2D eigenvalue weighted by Gasteiger charge is -2.37. The first-order valence-corrected chi connectivity index (χ1v) is 10.3. The summed E-state index contributed by atoms with van der Waals surface area (Å²) < 4.78 is 6.91. The van der Waals surface area contributed by atoms with Gasteiger partial charge in [-0.25, -0.2) is 0 Å². The van der Waals surface area contributed by atoms with Gasteiger partial charge in [0.15, 0.2) is 5.96 Å². The maximum Gasteiger partial charge on any atom is 0.191 e. The Kier molecular flexibility index (Phi) is 10.8. The van der Waals surface area contributed by atoms with Crippen molar-refractivity contribution in [3.05, 3.63) is 34.3 Å². The van der Waals surface area contributed by atoms with E-state index >= 15 is 0 Å². The standard InChI is InChI=1S/C18H28BrN3OS.HI/c1-4-24-18(9-11-23-12-10-18)13-21-17(20-3)22-14(2)15-7-5-6-8-16(15)19;/h5-8,14H,4,9-13H2,1-3H3,(H2,20,21,22);1H. The number of aliphatic imine (C=N–C) groups is 1. The molecule has 1 fully saturated rings. The summed E-state index contributed by atoms with van der Waals surface area (Å²) in [5.74, 6) is 1.97. The minimum Gasteiger partial charge on any atom is -0.381 e. The first kappa shape index (κ1) is 23.0. The molecule has 1 aliphatic rings. The molecule has 1 heterocycles. The predicted octanol–water partition coefficient (Wildman–Crippen LogP) is 4.60. The van der Waals surface area contributed by atoms with Gasteiger partial charge in [-0.2, -0.15) is 11.8 Å². The van der Waals surface area contributed by atoms with Gasteiger partial charge in [0.1, 0.15) is 0 Å². The molecular formula is C18H29BrIN3OS. The molecule has 1 aromatic carbocycles. The van der Waals surface area contributed by atoms with E-state index in [4.69, 9.17) is 4.74 Å². The van der Waals surface area contributed by atoms with Crippen LogP contribution in [0.5, 0.6) is 0 Å². The van der Waals surface area contributed by atoms with Crippen LogP contribution in [0.1, 0.15) is 38.3 Å². The van der Waals surface area contributed by atoms with Gasteiger partial charge in [-0.1, -0.05) is 41.1 Å².